The molecule has 2 heterocycles. The normalized spacial score (nSPS) is 10.7. The molecule has 3 rings (SSSR count). The summed E-state index contributed by atoms with van der Waals surface area (Å²) in [6, 6.07) is 9.79. The highest BCUT2D eigenvalue weighted by atomic mass is 16.4. The van der Waals surface area contributed by atoms with E-state index in [0.29, 0.717) is 24.4 Å². The average molecular weight is 309 g/mol. The van der Waals surface area contributed by atoms with Gasteiger partial charge in [-0.15, -0.1) is 0 Å². The van der Waals surface area contributed by atoms with E-state index in [-0.39, 0.29) is 5.91 Å². The van der Waals surface area contributed by atoms with Gasteiger partial charge in [0.05, 0.1) is 11.3 Å². The van der Waals surface area contributed by atoms with E-state index in [4.69, 9.17) is 4.42 Å². The third-order valence-corrected chi connectivity index (χ3v) is 3.76. The van der Waals surface area contributed by atoms with Gasteiger partial charge in [-0.25, -0.2) is 4.98 Å². The van der Waals surface area contributed by atoms with E-state index < -0.39 is 0 Å². The van der Waals surface area contributed by atoms with E-state index >= 15 is 0 Å². The number of aromatic nitrogens is 2. The minimum absolute atomic E-state index is 0.0758. The van der Waals surface area contributed by atoms with Gasteiger partial charge in [0.1, 0.15) is 5.76 Å². The Morgan fingerprint density at radius 1 is 1.22 bits per heavy atom. The van der Waals surface area contributed by atoms with Crippen molar-refractivity contribution in [1.82, 2.24) is 15.3 Å². The van der Waals surface area contributed by atoms with Crippen LogP contribution in [-0.4, -0.2) is 22.4 Å². The Bertz CT molecular complexity index is 803. The van der Waals surface area contributed by atoms with Gasteiger partial charge in [0.2, 0.25) is 5.89 Å². The summed E-state index contributed by atoms with van der Waals surface area (Å²) < 4.78 is 5.72. The van der Waals surface area contributed by atoms with Crippen LogP contribution in [0.1, 0.15) is 27.4 Å². The van der Waals surface area contributed by atoms with Crippen molar-refractivity contribution in [3.8, 4) is 11.5 Å². The Morgan fingerprint density at radius 3 is 2.70 bits per heavy atom. The molecule has 2 N–H and O–H groups in total. The molecule has 0 radical (unpaired) electrons. The molecule has 118 valence electrons. The number of carbonyl (C=O) groups excluding carboxylic acids is 1. The summed E-state index contributed by atoms with van der Waals surface area (Å²) in [5.41, 5.74) is 3.43. The van der Waals surface area contributed by atoms with Crippen LogP contribution in [0.3, 0.4) is 0 Å². The predicted octanol–water partition coefficient (Wildman–Crippen LogP) is 3.26. The molecular formula is C18H19N3O2. The predicted molar refractivity (Wildman–Crippen MR) is 88.2 cm³/mol. The highest BCUT2D eigenvalue weighted by Gasteiger charge is 2.13. The van der Waals surface area contributed by atoms with Crippen LogP contribution in [0.15, 0.2) is 47.1 Å². The van der Waals surface area contributed by atoms with Crippen LogP contribution in [-0.2, 0) is 6.42 Å². The SMILES string of the molecule is Cc1c[nH]cc1C(=O)NCCc1nc(-c2ccccc2)oc1C. The average Bonchev–Trinajstić information content (AvgIpc) is 3.14. The van der Waals surface area contributed by atoms with Gasteiger partial charge in [0.25, 0.3) is 5.91 Å². The van der Waals surface area contributed by atoms with Crippen molar-refractivity contribution < 1.29 is 9.21 Å². The van der Waals surface area contributed by atoms with E-state index in [0.717, 1.165) is 22.6 Å². The molecule has 0 aliphatic rings. The second-order valence-electron chi connectivity index (χ2n) is 5.45. The fraction of sp³-hybridized carbons (Fsp3) is 0.222. The number of hydrogen-bond acceptors (Lipinski definition) is 3. The first-order valence-electron chi connectivity index (χ1n) is 7.58. The van der Waals surface area contributed by atoms with Gasteiger partial charge in [-0.05, 0) is 31.5 Å². The Kier molecular flexibility index (Phi) is 4.28. The van der Waals surface area contributed by atoms with E-state index in [1.807, 2.05) is 50.4 Å². The maximum Gasteiger partial charge on any atom is 0.253 e. The smallest absolute Gasteiger partial charge is 0.253 e. The van der Waals surface area contributed by atoms with Gasteiger partial charge < -0.3 is 14.7 Å². The summed E-state index contributed by atoms with van der Waals surface area (Å²) in [5, 5.41) is 2.91. The molecular weight excluding hydrogens is 290 g/mol. The van der Waals surface area contributed by atoms with Gasteiger partial charge in [0, 0.05) is 30.9 Å². The summed E-state index contributed by atoms with van der Waals surface area (Å²) >= 11 is 0. The largest absolute Gasteiger partial charge is 0.441 e. The molecule has 5 nitrogen and oxygen atoms in total. The Hall–Kier alpha value is -2.82. The van der Waals surface area contributed by atoms with Crippen LogP contribution in [0.2, 0.25) is 0 Å². The zero-order valence-electron chi connectivity index (χ0n) is 13.2. The van der Waals surface area contributed by atoms with Crippen LogP contribution in [0.25, 0.3) is 11.5 Å². The third-order valence-electron chi connectivity index (χ3n) is 3.76. The fourth-order valence-electron chi connectivity index (χ4n) is 2.44. The monoisotopic (exact) mass is 309 g/mol. The minimum atomic E-state index is -0.0758. The maximum absolute atomic E-state index is 12.1. The number of benzene rings is 1. The first-order valence-corrected chi connectivity index (χ1v) is 7.58. The number of carbonyl (C=O) groups is 1. The lowest BCUT2D eigenvalue weighted by Gasteiger charge is -2.03. The first kappa shape index (κ1) is 15.1. The van der Waals surface area contributed by atoms with E-state index in [9.17, 15) is 4.79 Å². The second kappa shape index (κ2) is 6.52. The van der Waals surface area contributed by atoms with Gasteiger partial charge in [-0.1, -0.05) is 18.2 Å². The molecule has 0 saturated heterocycles. The molecule has 0 aliphatic heterocycles. The number of nitrogens with zero attached hydrogens (tertiary/aromatic N) is 1. The van der Waals surface area contributed by atoms with Crippen molar-refractivity contribution in [1.29, 1.82) is 0 Å². The van der Waals surface area contributed by atoms with Crippen molar-refractivity contribution in [3.63, 3.8) is 0 Å². The van der Waals surface area contributed by atoms with Gasteiger partial charge in [0.15, 0.2) is 0 Å². The summed E-state index contributed by atoms with van der Waals surface area (Å²) in [5.74, 6) is 1.33. The number of aryl methyl sites for hydroxylation is 2. The lowest BCUT2D eigenvalue weighted by molar-refractivity contribution is 0.0953. The highest BCUT2D eigenvalue weighted by Crippen LogP contribution is 2.21. The topological polar surface area (TPSA) is 70.9 Å². The third kappa shape index (κ3) is 3.34. The van der Waals surface area contributed by atoms with Crippen LogP contribution in [0.5, 0.6) is 0 Å². The van der Waals surface area contributed by atoms with Crippen LogP contribution in [0.4, 0.5) is 0 Å². The molecule has 0 aliphatic carbocycles. The molecule has 0 saturated carbocycles. The standard InChI is InChI=1S/C18H19N3O2/c1-12-10-19-11-15(12)17(22)20-9-8-16-13(2)23-18(21-16)14-6-4-3-5-7-14/h3-7,10-11,19H,8-9H2,1-2H3,(H,20,22). The van der Waals surface area contributed by atoms with Gasteiger partial charge in [-0.3, -0.25) is 4.79 Å². The molecule has 1 aromatic carbocycles. The molecule has 1 amide bonds. The lowest BCUT2D eigenvalue weighted by atomic mass is 10.2. The Labute approximate surface area is 134 Å². The summed E-state index contributed by atoms with van der Waals surface area (Å²) in [6.07, 6.45) is 4.15. The quantitative estimate of drug-likeness (QED) is 0.760. The van der Waals surface area contributed by atoms with Gasteiger partial charge >= 0.3 is 0 Å². The molecule has 3 aromatic rings. The number of aromatic amines is 1. The molecule has 5 heteroatoms. The van der Waals surface area contributed by atoms with Gasteiger partial charge in [-0.2, -0.15) is 0 Å². The minimum Gasteiger partial charge on any atom is -0.441 e. The second-order valence-corrected chi connectivity index (χ2v) is 5.45. The molecule has 0 spiro atoms. The number of nitrogens with one attached hydrogen (secondary N) is 2. The van der Waals surface area contributed by atoms with Crippen molar-refractivity contribution in [3.05, 3.63) is 65.3 Å². The Morgan fingerprint density at radius 2 is 2.00 bits per heavy atom. The van der Waals surface area contributed by atoms with E-state index in [2.05, 4.69) is 15.3 Å². The zero-order valence-corrected chi connectivity index (χ0v) is 13.2. The molecule has 0 fully saturated rings. The van der Waals surface area contributed by atoms with Crippen molar-refractivity contribution >= 4 is 5.91 Å². The van der Waals surface area contributed by atoms with Crippen LogP contribution in [0, 0.1) is 13.8 Å². The van der Waals surface area contributed by atoms with Crippen molar-refractivity contribution in [2.45, 2.75) is 20.3 Å². The van der Waals surface area contributed by atoms with Crippen molar-refractivity contribution in [2.24, 2.45) is 0 Å². The first-order chi connectivity index (χ1) is 11.1. The number of amides is 1. The summed E-state index contributed by atoms with van der Waals surface area (Å²) in [4.78, 5) is 19.5. The molecule has 0 atom stereocenters. The van der Waals surface area contributed by atoms with E-state index in [1.54, 1.807) is 6.20 Å². The number of hydrogen-bond donors (Lipinski definition) is 2. The lowest BCUT2D eigenvalue weighted by Crippen LogP contribution is -2.26. The number of H-pyrrole nitrogens is 1. The maximum atomic E-state index is 12.1. The van der Waals surface area contributed by atoms with Crippen molar-refractivity contribution in [2.75, 3.05) is 6.54 Å². The van der Waals surface area contributed by atoms with Crippen LogP contribution >= 0.6 is 0 Å². The Balaban J connectivity index is 1.62. The van der Waals surface area contributed by atoms with E-state index in [1.165, 1.54) is 0 Å². The number of oxazole rings is 1. The fourth-order valence-corrected chi connectivity index (χ4v) is 2.44. The summed E-state index contributed by atoms with van der Waals surface area (Å²) in [7, 11) is 0. The van der Waals surface area contributed by atoms with Crippen LogP contribution < -0.4 is 5.32 Å². The molecule has 23 heavy (non-hydrogen) atoms. The zero-order chi connectivity index (χ0) is 16.2. The number of rotatable bonds is 5. The summed E-state index contributed by atoms with van der Waals surface area (Å²) in [6.45, 7) is 4.32. The molecule has 0 bridgehead atoms. The molecule has 2 aromatic heterocycles. The highest BCUT2D eigenvalue weighted by molar-refractivity contribution is 5.95. The molecule has 0 unspecified atom stereocenters.